The fourth-order valence-corrected chi connectivity index (χ4v) is 3.82. The Bertz CT molecular complexity index is 407. The number of aromatic nitrogens is 1. The van der Waals surface area contributed by atoms with E-state index in [0.717, 1.165) is 25.7 Å². The van der Waals surface area contributed by atoms with Crippen molar-refractivity contribution in [3.05, 3.63) is 29.6 Å². The number of aryl methyl sites for hydroxylation is 1. The number of nitrogens with zero attached hydrogens (tertiary/aromatic N) is 1. The van der Waals surface area contributed by atoms with Crippen molar-refractivity contribution in [2.75, 3.05) is 0 Å². The van der Waals surface area contributed by atoms with Gasteiger partial charge in [0.1, 0.15) is 0 Å². The molecule has 1 aromatic rings. The fraction of sp³-hybridized carbons (Fsp3) is 0.688. The van der Waals surface area contributed by atoms with Crippen molar-refractivity contribution in [1.29, 1.82) is 0 Å². The number of fused-ring (bicyclic) bond motifs is 1. The van der Waals surface area contributed by atoms with Crippen LogP contribution in [0.25, 0.3) is 0 Å². The van der Waals surface area contributed by atoms with Crippen LogP contribution in [0.5, 0.6) is 0 Å². The molecule has 2 heteroatoms. The first-order chi connectivity index (χ1) is 8.80. The zero-order valence-corrected chi connectivity index (χ0v) is 11.1. The summed E-state index contributed by atoms with van der Waals surface area (Å²) in [5.74, 6) is 0.278. The Morgan fingerprint density at radius 3 is 2.67 bits per heavy atom. The van der Waals surface area contributed by atoms with Gasteiger partial charge >= 0.3 is 0 Å². The van der Waals surface area contributed by atoms with Gasteiger partial charge < -0.3 is 5.11 Å². The topological polar surface area (TPSA) is 33.1 Å². The van der Waals surface area contributed by atoms with Crippen LogP contribution in [-0.2, 0) is 6.42 Å². The van der Waals surface area contributed by atoms with Crippen molar-refractivity contribution in [2.24, 2.45) is 0 Å². The van der Waals surface area contributed by atoms with Crippen molar-refractivity contribution < 1.29 is 5.11 Å². The van der Waals surface area contributed by atoms with E-state index in [2.05, 4.69) is 11.1 Å². The predicted molar refractivity (Wildman–Crippen MR) is 72.6 cm³/mol. The lowest BCUT2D eigenvalue weighted by molar-refractivity contribution is -0.00923. The summed E-state index contributed by atoms with van der Waals surface area (Å²) in [6.45, 7) is 0. The molecule has 18 heavy (non-hydrogen) atoms. The van der Waals surface area contributed by atoms with Crippen LogP contribution < -0.4 is 0 Å². The van der Waals surface area contributed by atoms with Gasteiger partial charge in [0.2, 0.25) is 0 Å². The van der Waals surface area contributed by atoms with E-state index in [1.165, 1.54) is 43.4 Å². The SMILES string of the molecule is OC1(C2CCCc3cccnc32)CCCCCC1. The van der Waals surface area contributed by atoms with E-state index in [0.29, 0.717) is 0 Å². The summed E-state index contributed by atoms with van der Waals surface area (Å²) in [6.07, 6.45) is 12.2. The molecular formula is C16H23NO. The largest absolute Gasteiger partial charge is 0.389 e. The van der Waals surface area contributed by atoms with Crippen LogP contribution in [0.2, 0.25) is 0 Å². The van der Waals surface area contributed by atoms with E-state index in [1.807, 2.05) is 12.3 Å². The summed E-state index contributed by atoms with van der Waals surface area (Å²) in [5, 5.41) is 11.1. The molecule has 2 aliphatic rings. The zero-order valence-electron chi connectivity index (χ0n) is 11.1. The number of hydrogen-bond donors (Lipinski definition) is 1. The summed E-state index contributed by atoms with van der Waals surface area (Å²) in [5.41, 5.74) is 2.07. The molecule has 98 valence electrons. The van der Waals surface area contributed by atoms with Gasteiger partial charge in [0.25, 0.3) is 0 Å². The lowest BCUT2D eigenvalue weighted by Gasteiger charge is -2.38. The van der Waals surface area contributed by atoms with Crippen molar-refractivity contribution in [3.8, 4) is 0 Å². The Labute approximate surface area is 109 Å². The first kappa shape index (κ1) is 12.2. The maximum atomic E-state index is 11.1. The molecule has 1 N–H and O–H groups in total. The molecule has 3 rings (SSSR count). The number of aliphatic hydroxyl groups is 1. The molecule has 1 fully saturated rings. The average Bonchev–Trinajstić information content (AvgIpc) is 2.64. The second-order valence-corrected chi connectivity index (χ2v) is 6.01. The molecule has 0 aliphatic heterocycles. The van der Waals surface area contributed by atoms with E-state index in [4.69, 9.17) is 0 Å². The molecular weight excluding hydrogens is 222 g/mol. The maximum Gasteiger partial charge on any atom is 0.0731 e. The lowest BCUT2D eigenvalue weighted by Crippen LogP contribution is -2.38. The lowest BCUT2D eigenvalue weighted by atomic mass is 9.72. The molecule has 2 aliphatic carbocycles. The highest BCUT2D eigenvalue weighted by molar-refractivity contribution is 5.28. The number of rotatable bonds is 1. The van der Waals surface area contributed by atoms with Gasteiger partial charge in [0, 0.05) is 17.8 Å². The quantitative estimate of drug-likeness (QED) is 0.767. The van der Waals surface area contributed by atoms with E-state index < -0.39 is 5.60 Å². The number of hydrogen-bond acceptors (Lipinski definition) is 2. The summed E-state index contributed by atoms with van der Waals surface area (Å²) < 4.78 is 0. The van der Waals surface area contributed by atoms with E-state index in [1.54, 1.807) is 0 Å². The monoisotopic (exact) mass is 245 g/mol. The molecule has 1 heterocycles. The Hall–Kier alpha value is -0.890. The van der Waals surface area contributed by atoms with Crippen molar-refractivity contribution in [1.82, 2.24) is 4.98 Å². The second-order valence-electron chi connectivity index (χ2n) is 6.01. The minimum atomic E-state index is -0.486. The Kier molecular flexibility index (Phi) is 3.38. The summed E-state index contributed by atoms with van der Waals surface area (Å²) >= 11 is 0. The van der Waals surface area contributed by atoms with Gasteiger partial charge in [0.05, 0.1) is 5.60 Å². The molecule has 0 amide bonds. The summed E-state index contributed by atoms with van der Waals surface area (Å²) in [7, 11) is 0. The minimum absolute atomic E-state index is 0.278. The van der Waals surface area contributed by atoms with Gasteiger partial charge in [-0.3, -0.25) is 4.98 Å². The Morgan fingerprint density at radius 1 is 1.11 bits per heavy atom. The van der Waals surface area contributed by atoms with Gasteiger partial charge in [-0.1, -0.05) is 31.7 Å². The van der Waals surface area contributed by atoms with Crippen LogP contribution in [0.3, 0.4) is 0 Å². The third-order valence-electron chi connectivity index (χ3n) is 4.81. The van der Waals surface area contributed by atoms with Crippen LogP contribution in [0, 0.1) is 0 Å². The molecule has 0 bridgehead atoms. The molecule has 1 saturated carbocycles. The molecule has 0 saturated heterocycles. The molecule has 0 aromatic carbocycles. The summed E-state index contributed by atoms with van der Waals surface area (Å²) in [6, 6.07) is 4.22. The predicted octanol–water partition coefficient (Wildman–Crippen LogP) is 3.59. The fourth-order valence-electron chi connectivity index (χ4n) is 3.82. The van der Waals surface area contributed by atoms with E-state index >= 15 is 0 Å². The van der Waals surface area contributed by atoms with Gasteiger partial charge in [-0.05, 0) is 43.7 Å². The van der Waals surface area contributed by atoms with Crippen LogP contribution in [0.4, 0.5) is 0 Å². The normalized spacial score (nSPS) is 27.3. The van der Waals surface area contributed by atoms with Crippen LogP contribution >= 0.6 is 0 Å². The highest BCUT2D eigenvalue weighted by atomic mass is 16.3. The average molecular weight is 245 g/mol. The third kappa shape index (κ3) is 2.18. The van der Waals surface area contributed by atoms with Gasteiger partial charge in [-0.15, -0.1) is 0 Å². The highest BCUT2D eigenvalue weighted by Gasteiger charge is 2.40. The molecule has 1 unspecified atom stereocenters. The first-order valence-electron chi connectivity index (χ1n) is 7.46. The van der Waals surface area contributed by atoms with Gasteiger partial charge in [0.15, 0.2) is 0 Å². The Morgan fingerprint density at radius 2 is 1.89 bits per heavy atom. The van der Waals surface area contributed by atoms with Crippen LogP contribution in [0.15, 0.2) is 18.3 Å². The molecule has 0 radical (unpaired) electrons. The minimum Gasteiger partial charge on any atom is -0.389 e. The zero-order chi connectivity index (χ0) is 12.4. The standard InChI is InChI=1S/C16H23NO/c18-16(10-3-1-2-4-11-16)14-9-5-7-13-8-6-12-17-15(13)14/h6,8,12,14,18H,1-5,7,9-11H2. The van der Waals surface area contributed by atoms with E-state index in [9.17, 15) is 5.11 Å². The van der Waals surface area contributed by atoms with Crippen LogP contribution in [0.1, 0.15) is 68.5 Å². The summed E-state index contributed by atoms with van der Waals surface area (Å²) in [4.78, 5) is 4.59. The Balaban J connectivity index is 1.92. The van der Waals surface area contributed by atoms with Crippen molar-refractivity contribution >= 4 is 0 Å². The third-order valence-corrected chi connectivity index (χ3v) is 4.81. The molecule has 0 spiro atoms. The van der Waals surface area contributed by atoms with Gasteiger partial charge in [-0.2, -0.15) is 0 Å². The van der Waals surface area contributed by atoms with E-state index in [-0.39, 0.29) is 5.92 Å². The van der Waals surface area contributed by atoms with Crippen LogP contribution in [-0.4, -0.2) is 15.7 Å². The molecule has 2 nitrogen and oxygen atoms in total. The second kappa shape index (κ2) is 5.00. The molecule has 1 atom stereocenters. The van der Waals surface area contributed by atoms with Crippen molar-refractivity contribution in [3.63, 3.8) is 0 Å². The van der Waals surface area contributed by atoms with Gasteiger partial charge in [-0.25, -0.2) is 0 Å². The highest BCUT2D eigenvalue weighted by Crippen LogP contribution is 2.44. The smallest absolute Gasteiger partial charge is 0.0731 e. The maximum absolute atomic E-state index is 11.1. The first-order valence-corrected chi connectivity index (χ1v) is 7.46. The van der Waals surface area contributed by atoms with Crippen molar-refractivity contribution in [2.45, 2.75) is 69.3 Å². The molecule has 1 aromatic heterocycles. The number of pyridine rings is 1.